The molecule has 0 saturated heterocycles. The van der Waals surface area contributed by atoms with Gasteiger partial charge in [0.15, 0.2) is 69.8 Å². The van der Waals surface area contributed by atoms with Gasteiger partial charge in [0.2, 0.25) is 17.5 Å². The van der Waals surface area contributed by atoms with Crippen LogP contribution in [0.15, 0.2) is 36.4 Å². The molecule has 2 aliphatic rings. The maximum Gasteiger partial charge on any atom is 2.00 e. The summed E-state index contributed by atoms with van der Waals surface area (Å²) in [7, 11) is 0. The van der Waals surface area contributed by atoms with Crippen LogP contribution in [0.5, 0.6) is 0 Å². The third-order valence-electron chi connectivity index (χ3n) is 10.2. The molecule has 0 saturated carbocycles. The number of rotatable bonds is 4. The van der Waals surface area contributed by atoms with Gasteiger partial charge in [-0.15, -0.1) is 22.1 Å². The molecule has 0 fully saturated rings. The van der Waals surface area contributed by atoms with Gasteiger partial charge in [0.25, 0.3) is 0 Å². The third-order valence-corrected chi connectivity index (χ3v) is 10.2. The Morgan fingerprint density at radius 1 is 0.269 bits per heavy atom. The Bertz CT molecular complexity index is 3420. The van der Waals surface area contributed by atoms with Crippen molar-refractivity contribution in [3.8, 4) is 44.5 Å². The summed E-state index contributed by atoms with van der Waals surface area (Å²) in [6, 6.07) is 3.14. The molecule has 7 aromatic rings. The molecule has 0 aliphatic carbocycles. The van der Waals surface area contributed by atoms with Crippen LogP contribution < -0.4 is 9.97 Å². The van der Waals surface area contributed by atoms with E-state index >= 15 is 35.1 Å². The van der Waals surface area contributed by atoms with Crippen LogP contribution in [0.4, 0.5) is 79.0 Å². The molecule has 67 heavy (non-hydrogen) atoms. The van der Waals surface area contributed by atoms with Crippen LogP contribution in [0, 0.1) is 105 Å². The Kier molecular flexibility index (Phi) is 11.4. The Labute approximate surface area is 370 Å². The van der Waals surface area contributed by atoms with Crippen molar-refractivity contribution in [2.75, 3.05) is 0 Å². The molecule has 2 aliphatic heterocycles. The maximum atomic E-state index is 15.8. The van der Waals surface area contributed by atoms with E-state index in [0.717, 1.165) is 24.3 Å². The topological polar surface area (TPSA) is 54.0 Å². The van der Waals surface area contributed by atoms with E-state index in [1.54, 1.807) is 0 Å². The quantitative estimate of drug-likeness (QED) is 0.0763. The van der Waals surface area contributed by atoms with Gasteiger partial charge in [-0.2, -0.15) is 0 Å². The molecule has 0 spiro atoms. The average Bonchev–Trinajstić information content (AvgIpc) is 4.14. The molecule has 4 aromatic carbocycles. The number of aromatic nitrogens is 4. The van der Waals surface area contributed by atoms with Crippen LogP contribution in [0.2, 0.25) is 0 Å². The Hall–Kier alpha value is -7.26. The number of nitrogens with zero attached hydrogens (tertiary/aromatic N) is 4. The second-order valence-corrected chi connectivity index (χ2v) is 13.9. The summed E-state index contributed by atoms with van der Waals surface area (Å²) in [4.78, 5) is 16.1. The van der Waals surface area contributed by atoms with Crippen molar-refractivity contribution in [2.24, 2.45) is 0 Å². The zero-order valence-corrected chi connectivity index (χ0v) is 32.6. The smallest absolute Gasteiger partial charge is 0.657 e. The molecule has 0 amide bonds. The minimum atomic E-state index is -2.69. The summed E-state index contributed by atoms with van der Waals surface area (Å²) < 4.78 is 273. The van der Waals surface area contributed by atoms with Crippen molar-refractivity contribution in [1.29, 1.82) is 0 Å². The van der Waals surface area contributed by atoms with Crippen molar-refractivity contribution in [2.45, 2.75) is 0 Å². The van der Waals surface area contributed by atoms with Gasteiger partial charge in [-0.3, -0.25) is 0 Å². The molecule has 0 N–H and O–H groups in total. The SMILES string of the molecule is Fc1cc(F)c(-c2c3nc(c(-c4c(F)c(F)c(F)c(F)c4F)c4ccc([n-]4)c(-c4c(F)c(F)c(F)c(F)c4F)c4nc(c(-c5c(F)c(F)c(F)c(F)c5F)c5ccc2[n-]5)C=C4)C=C3)c(F)c1.[Cu+2]. The third kappa shape index (κ3) is 6.97. The average molecular weight is 1000 g/mol. The van der Waals surface area contributed by atoms with Gasteiger partial charge in [0.1, 0.15) is 17.5 Å². The predicted octanol–water partition coefficient (Wildman–Crippen LogP) is 13.1. The molecule has 3 aromatic heterocycles. The molecule has 1 radical (unpaired) electrons. The first kappa shape index (κ1) is 46.3. The van der Waals surface area contributed by atoms with Crippen molar-refractivity contribution >= 4 is 46.4 Å². The van der Waals surface area contributed by atoms with Crippen molar-refractivity contribution in [1.82, 2.24) is 19.9 Å². The summed E-state index contributed by atoms with van der Waals surface area (Å²) in [5, 5.41) is 0. The van der Waals surface area contributed by atoms with Crippen LogP contribution in [0.25, 0.3) is 90.9 Å². The molecule has 9 rings (SSSR count). The second kappa shape index (κ2) is 16.6. The molecule has 5 heterocycles. The number of hydrogen-bond donors (Lipinski definition) is 0. The van der Waals surface area contributed by atoms with Gasteiger partial charge in [0, 0.05) is 12.1 Å². The number of halogens is 18. The van der Waals surface area contributed by atoms with E-state index in [-0.39, 0.29) is 29.2 Å². The summed E-state index contributed by atoms with van der Waals surface area (Å²) in [6.45, 7) is 0. The van der Waals surface area contributed by atoms with Gasteiger partial charge >= 0.3 is 17.1 Å². The van der Waals surface area contributed by atoms with E-state index in [2.05, 4.69) is 19.9 Å². The van der Waals surface area contributed by atoms with Crippen LogP contribution in [-0.4, -0.2) is 9.97 Å². The van der Waals surface area contributed by atoms with Gasteiger partial charge in [0.05, 0.1) is 45.0 Å². The van der Waals surface area contributed by atoms with E-state index in [4.69, 9.17) is 0 Å². The van der Waals surface area contributed by atoms with E-state index in [1.807, 2.05) is 0 Å². The van der Waals surface area contributed by atoms with Crippen molar-refractivity contribution in [3.05, 3.63) is 164 Å². The fourth-order valence-corrected chi connectivity index (χ4v) is 7.37. The molecule has 23 heteroatoms. The van der Waals surface area contributed by atoms with Gasteiger partial charge in [-0.05, 0) is 46.6 Å². The fraction of sp³-hybridized carbons (Fsp3) is 0. The van der Waals surface area contributed by atoms with Crippen LogP contribution in [0.3, 0.4) is 0 Å². The molecular weight excluding hydrogens is 990 g/mol. The molecular formula is C44H10CuF18N4. The number of hydrogen-bond acceptors (Lipinski definition) is 2. The van der Waals surface area contributed by atoms with Gasteiger partial charge in [-0.1, -0.05) is 24.3 Å². The molecule has 0 unspecified atom stereocenters. The van der Waals surface area contributed by atoms with Crippen LogP contribution in [-0.2, 0) is 17.1 Å². The normalized spacial score (nSPS) is 12.1. The first-order valence-electron chi connectivity index (χ1n) is 18.0. The first-order chi connectivity index (χ1) is 31.2. The Balaban J connectivity index is 0.00000608. The Morgan fingerprint density at radius 3 is 0.716 bits per heavy atom. The molecule has 8 bridgehead atoms. The van der Waals surface area contributed by atoms with E-state index < -0.39 is 194 Å². The van der Waals surface area contributed by atoms with Crippen LogP contribution in [0.1, 0.15) is 22.8 Å². The monoisotopic (exact) mass is 999 g/mol. The summed E-state index contributed by atoms with van der Waals surface area (Å²) >= 11 is 0. The summed E-state index contributed by atoms with van der Waals surface area (Å²) in [5.41, 5.74) is -18.3. The van der Waals surface area contributed by atoms with E-state index in [1.165, 1.54) is 0 Å². The minimum Gasteiger partial charge on any atom is -0.657 e. The second-order valence-electron chi connectivity index (χ2n) is 13.9. The zero-order valence-electron chi connectivity index (χ0n) is 31.7. The molecule has 0 atom stereocenters. The minimum absolute atomic E-state index is 0. The van der Waals surface area contributed by atoms with Crippen molar-refractivity contribution in [3.63, 3.8) is 0 Å². The fourth-order valence-electron chi connectivity index (χ4n) is 7.37. The zero-order chi connectivity index (χ0) is 47.5. The standard InChI is InChI=1S/C44H10F18N4.Cu/c45-11-9-12(46)22(13(47)10-11)23-14-1-3-16(63-14)24(27-30(48)36(54)42(60)37(55)31(27)49)18-5-7-20(65-18)26(29-34(52)40(58)44(62)41(59)35(29)53)21-8-6-19(66-21)25(17-4-2-15(23)64-17)28-32(50)38(56)43(61)39(57)33(28)51;/h1-10H;/q-2;+2. The van der Waals surface area contributed by atoms with Crippen LogP contribution >= 0.6 is 0 Å². The first-order valence-corrected chi connectivity index (χ1v) is 18.0. The maximum absolute atomic E-state index is 15.8. The van der Waals surface area contributed by atoms with E-state index in [9.17, 15) is 43.9 Å². The number of fused-ring (bicyclic) bond motifs is 8. The predicted molar refractivity (Wildman–Crippen MR) is 198 cm³/mol. The summed E-state index contributed by atoms with van der Waals surface area (Å²) in [5.74, 6) is -43.6. The number of benzene rings is 4. The largest absolute Gasteiger partial charge is 2.00 e. The van der Waals surface area contributed by atoms with Gasteiger partial charge < -0.3 is 9.97 Å². The van der Waals surface area contributed by atoms with Gasteiger partial charge in [-0.25, -0.2) is 89.0 Å². The van der Waals surface area contributed by atoms with E-state index in [0.29, 0.717) is 24.3 Å². The van der Waals surface area contributed by atoms with Crippen molar-refractivity contribution < 1.29 is 96.1 Å². The molecule has 343 valence electrons. The summed E-state index contributed by atoms with van der Waals surface area (Å²) in [6.07, 6.45) is 2.84. The Morgan fingerprint density at radius 2 is 0.478 bits per heavy atom. The molecule has 4 nitrogen and oxygen atoms in total.